The highest BCUT2D eigenvalue weighted by molar-refractivity contribution is 6.43. The lowest BCUT2D eigenvalue weighted by atomic mass is 9.96. The number of aromatic amines is 1. The quantitative estimate of drug-likeness (QED) is 0.180. The van der Waals surface area contributed by atoms with E-state index < -0.39 is 49.1 Å². The first kappa shape index (κ1) is 31.3. The van der Waals surface area contributed by atoms with Crippen molar-refractivity contribution in [3.05, 3.63) is 57.6 Å². The van der Waals surface area contributed by atoms with Gasteiger partial charge in [0.1, 0.15) is 24.4 Å². The number of likely N-dealkylation sites (N-methyl/N-ethyl adjacent to an activating group) is 1. The average molecular weight is 670 g/mol. The summed E-state index contributed by atoms with van der Waals surface area (Å²) in [4.78, 5) is 35.6. The fourth-order valence-electron chi connectivity index (χ4n) is 7.29. The van der Waals surface area contributed by atoms with Crippen molar-refractivity contribution in [3.63, 3.8) is 0 Å². The summed E-state index contributed by atoms with van der Waals surface area (Å²) in [6.45, 7) is 5.83. The van der Waals surface area contributed by atoms with E-state index in [4.69, 9.17) is 32.7 Å². The van der Waals surface area contributed by atoms with Crippen molar-refractivity contribution in [2.24, 2.45) is 0 Å². The number of aromatic nitrogens is 2. The molecule has 1 saturated heterocycles. The van der Waals surface area contributed by atoms with Gasteiger partial charge in [0.2, 0.25) is 0 Å². The van der Waals surface area contributed by atoms with Gasteiger partial charge >= 0.3 is 0 Å². The van der Waals surface area contributed by atoms with Crippen LogP contribution in [0.15, 0.2) is 36.4 Å². The van der Waals surface area contributed by atoms with Crippen molar-refractivity contribution in [3.8, 4) is 0 Å². The Bertz CT molecular complexity index is 2040. The summed E-state index contributed by atoms with van der Waals surface area (Å²) in [6.07, 6.45) is -6.23. The predicted molar refractivity (Wildman–Crippen MR) is 176 cm³/mol. The lowest BCUT2D eigenvalue weighted by Gasteiger charge is -2.42. The van der Waals surface area contributed by atoms with Crippen molar-refractivity contribution in [2.75, 3.05) is 39.9 Å². The summed E-state index contributed by atoms with van der Waals surface area (Å²) in [7, 11) is 1.36. The van der Waals surface area contributed by atoms with Crippen molar-refractivity contribution in [1.82, 2.24) is 19.4 Å². The SMILES string of the molecule is CCN(CC)CCN1C(=O)c2c(c3c4cccc(Cl)c4n([C@H]4O[C@@H](CO)[C@@H](OC)[C@@H](O)[C@@H]4O)c3c3[nH]c4c(Cl)cccc4c23)C1=O. The fourth-order valence-corrected chi connectivity index (χ4v) is 7.78. The lowest BCUT2D eigenvalue weighted by molar-refractivity contribution is -0.255. The first-order valence-electron chi connectivity index (χ1n) is 15.3. The molecule has 242 valence electrons. The molecule has 2 aliphatic heterocycles. The molecule has 2 aliphatic rings. The second-order valence-electron chi connectivity index (χ2n) is 11.7. The monoisotopic (exact) mass is 668 g/mol. The van der Waals surface area contributed by atoms with E-state index in [0.717, 1.165) is 13.1 Å². The zero-order valence-electron chi connectivity index (χ0n) is 25.5. The van der Waals surface area contributed by atoms with Gasteiger partial charge in [0.05, 0.1) is 49.8 Å². The van der Waals surface area contributed by atoms with E-state index in [1.54, 1.807) is 34.9 Å². The number of methoxy groups -OCH3 is 1. The standard InChI is InChI=1S/C33H34Cl2N4O7/c1-4-37(5-2)12-13-38-31(43)22-20-15-8-6-10-17(34)24(15)36-25(20)27-21(23(22)32(38)44)16-9-7-11-18(35)26(16)39(27)33-29(42)28(41)30(45-3)19(14-40)46-33/h6-11,19,28-30,33,36,40-42H,4-5,12-14H2,1-3H3/t19-,28-,29-,30+,33-/m0/s1. The number of rotatable bonds is 8. The van der Waals surface area contributed by atoms with E-state index in [1.807, 2.05) is 19.9 Å². The highest BCUT2D eigenvalue weighted by Gasteiger charge is 2.48. The number of imide groups is 1. The highest BCUT2D eigenvalue weighted by Crippen LogP contribution is 2.49. The number of fused-ring (bicyclic) bond motifs is 10. The van der Waals surface area contributed by atoms with Crippen molar-refractivity contribution < 1.29 is 34.4 Å². The van der Waals surface area contributed by atoms with Gasteiger partial charge < -0.3 is 39.2 Å². The third-order valence-corrected chi connectivity index (χ3v) is 10.2. The van der Waals surface area contributed by atoms with Gasteiger partial charge in [0, 0.05) is 41.7 Å². The number of hydrogen-bond donors (Lipinski definition) is 4. The van der Waals surface area contributed by atoms with Crippen LogP contribution in [0.5, 0.6) is 0 Å². The molecule has 0 radical (unpaired) electrons. The molecular formula is C33H34Cl2N4O7. The van der Waals surface area contributed by atoms with E-state index in [-0.39, 0.29) is 17.7 Å². The van der Waals surface area contributed by atoms with Gasteiger partial charge in [-0.15, -0.1) is 0 Å². The molecule has 0 aliphatic carbocycles. The summed E-state index contributed by atoms with van der Waals surface area (Å²) in [6, 6.07) is 10.6. The lowest BCUT2D eigenvalue weighted by Crippen LogP contribution is -2.57. The predicted octanol–water partition coefficient (Wildman–Crippen LogP) is 4.30. The number of carbonyl (C=O) groups is 2. The van der Waals surface area contributed by atoms with Crippen LogP contribution in [-0.2, 0) is 9.47 Å². The molecule has 4 heterocycles. The Labute approximate surface area is 273 Å². The maximum Gasteiger partial charge on any atom is 0.262 e. The summed E-state index contributed by atoms with van der Waals surface area (Å²) in [5.41, 5.74) is 2.38. The molecule has 1 fully saturated rings. The molecule has 0 bridgehead atoms. The number of aliphatic hydroxyl groups excluding tert-OH is 3. The second-order valence-corrected chi connectivity index (χ2v) is 12.5. The maximum absolute atomic E-state index is 14.4. The van der Waals surface area contributed by atoms with E-state index >= 15 is 0 Å². The highest BCUT2D eigenvalue weighted by atomic mass is 35.5. The van der Waals surface area contributed by atoms with Crippen LogP contribution in [0.4, 0.5) is 0 Å². The third kappa shape index (κ3) is 4.34. The molecule has 0 unspecified atom stereocenters. The van der Waals surface area contributed by atoms with Crippen LogP contribution < -0.4 is 0 Å². The normalized spacial score (nSPS) is 23.7. The molecule has 46 heavy (non-hydrogen) atoms. The first-order valence-corrected chi connectivity index (χ1v) is 16.1. The number of carbonyl (C=O) groups excluding carboxylic acids is 2. The van der Waals surface area contributed by atoms with Crippen molar-refractivity contribution in [1.29, 1.82) is 0 Å². The van der Waals surface area contributed by atoms with Gasteiger partial charge in [-0.05, 0) is 25.2 Å². The molecule has 4 N–H and O–H groups in total. The minimum atomic E-state index is -1.53. The Kier molecular flexibility index (Phi) is 8.02. The van der Waals surface area contributed by atoms with Crippen LogP contribution in [-0.4, -0.2) is 111 Å². The Hall–Kier alpha value is -3.26. The molecule has 7 rings (SSSR count). The van der Waals surface area contributed by atoms with E-state index in [9.17, 15) is 24.9 Å². The number of para-hydroxylation sites is 2. The molecule has 0 spiro atoms. The molecule has 13 heteroatoms. The number of H-pyrrole nitrogens is 1. The number of aliphatic hydroxyl groups is 3. The Morgan fingerprint density at radius 3 is 2.22 bits per heavy atom. The molecule has 11 nitrogen and oxygen atoms in total. The van der Waals surface area contributed by atoms with Crippen LogP contribution in [0.3, 0.4) is 0 Å². The van der Waals surface area contributed by atoms with Gasteiger partial charge in [-0.3, -0.25) is 14.5 Å². The van der Waals surface area contributed by atoms with E-state index in [0.29, 0.717) is 60.2 Å². The summed E-state index contributed by atoms with van der Waals surface area (Å²) >= 11 is 13.6. The molecule has 0 saturated carbocycles. The van der Waals surface area contributed by atoms with Crippen molar-refractivity contribution >= 4 is 78.6 Å². The number of benzene rings is 3. The summed E-state index contributed by atoms with van der Waals surface area (Å²) in [5.74, 6) is -0.845. The van der Waals surface area contributed by atoms with Gasteiger partial charge in [-0.2, -0.15) is 0 Å². The average Bonchev–Trinajstić information content (AvgIpc) is 3.68. The van der Waals surface area contributed by atoms with Crippen LogP contribution in [0.1, 0.15) is 40.8 Å². The maximum atomic E-state index is 14.4. The Morgan fingerprint density at radius 2 is 1.57 bits per heavy atom. The first-order chi connectivity index (χ1) is 22.2. The topological polar surface area (TPSA) is 140 Å². The van der Waals surface area contributed by atoms with Gasteiger partial charge in [-0.1, -0.05) is 61.3 Å². The number of ether oxygens (including phenoxy) is 2. The molecular weight excluding hydrogens is 635 g/mol. The van der Waals surface area contributed by atoms with Crippen LogP contribution >= 0.6 is 23.2 Å². The van der Waals surface area contributed by atoms with E-state index in [1.165, 1.54) is 12.0 Å². The summed E-state index contributed by atoms with van der Waals surface area (Å²) in [5, 5.41) is 35.7. The third-order valence-electron chi connectivity index (χ3n) is 9.56. The molecule has 5 atom stereocenters. The van der Waals surface area contributed by atoms with Crippen LogP contribution in [0.25, 0.3) is 43.6 Å². The fraction of sp³-hybridized carbons (Fsp3) is 0.394. The molecule has 2 amide bonds. The smallest absolute Gasteiger partial charge is 0.262 e. The van der Waals surface area contributed by atoms with Gasteiger partial charge in [0.15, 0.2) is 6.23 Å². The number of hydrogen-bond acceptors (Lipinski definition) is 8. The van der Waals surface area contributed by atoms with Crippen LogP contribution in [0, 0.1) is 0 Å². The van der Waals surface area contributed by atoms with Crippen LogP contribution in [0.2, 0.25) is 10.0 Å². The number of halogens is 2. The largest absolute Gasteiger partial charge is 0.394 e. The number of nitrogens with zero attached hydrogens (tertiary/aromatic N) is 3. The van der Waals surface area contributed by atoms with E-state index in [2.05, 4.69) is 9.88 Å². The molecule has 3 aromatic carbocycles. The zero-order chi connectivity index (χ0) is 32.6. The molecule has 5 aromatic rings. The Morgan fingerprint density at radius 1 is 0.913 bits per heavy atom. The van der Waals surface area contributed by atoms with Gasteiger partial charge in [-0.25, -0.2) is 0 Å². The number of nitrogens with one attached hydrogen (secondary N) is 1. The zero-order valence-corrected chi connectivity index (χ0v) is 27.0. The molecule has 2 aromatic heterocycles. The minimum absolute atomic E-state index is 0.201. The number of amides is 2. The minimum Gasteiger partial charge on any atom is -0.394 e. The van der Waals surface area contributed by atoms with Crippen molar-refractivity contribution in [2.45, 2.75) is 44.5 Å². The van der Waals surface area contributed by atoms with Gasteiger partial charge in [0.25, 0.3) is 11.8 Å². The second kappa shape index (κ2) is 11.8. The summed E-state index contributed by atoms with van der Waals surface area (Å²) < 4.78 is 13.3. The Balaban J connectivity index is 1.61.